The average molecular weight is 328 g/mol. The molecular weight excluding hydrogens is 318 g/mol. The highest BCUT2D eigenvalue weighted by molar-refractivity contribution is 7.12. The van der Waals surface area contributed by atoms with Crippen molar-refractivity contribution in [2.75, 3.05) is 0 Å². The summed E-state index contributed by atoms with van der Waals surface area (Å²) in [7, 11) is 0. The lowest BCUT2D eigenvalue weighted by molar-refractivity contribution is -0.385. The largest absolute Gasteiger partial charge is 0.482 e. The second-order valence-electron chi connectivity index (χ2n) is 3.91. The van der Waals surface area contributed by atoms with Crippen molar-refractivity contribution in [3.05, 3.63) is 55.2 Å². The Morgan fingerprint density at radius 1 is 1.48 bits per heavy atom. The second-order valence-corrected chi connectivity index (χ2v) is 5.26. The van der Waals surface area contributed by atoms with E-state index in [2.05, 4.69) is 0 Å². The summed E-state index contributed by atoms with van der Waals surface area (Å²) in [5, 5.41) is 12.9. The summed E-state index contributed by atoms with van der Waals surface area (Å²) < 4.78 is 5.42. The monoisotopic (exact) mass is 327 g/mol. The lowest BCUT2D eigenvalue weighted by Crippen LogP contribution is -2.30. The van der Waals surface area contributed by atoms with Crippen LogP contribution in [0, 0.1) is 10.1 Å². The lowest BCUT2D eigenvalue weighted by Gasteiger charge is -2.07. The molecule has 9 heteroatoms. The molecule has 0 bridgehead atoms. The molecule has 0 fully saturated rings. The Morgan fingerprint density at radius 2 is 2.24 bits per heavy atom. The minimum Gasteiger partial charge on any atom is -0.482 e. The van der Waals surface area contributed by atoms with E-state index in [0.717, 1.165) is 0 Å². The molecular formula is C12H10ClN3O4S. The van der Waals surface area contributed by atoms with Crippen LogP contribution in [0.5, 0.6) is 5.75 Å². The van der Waals surface area contributed by atoms with E-state index in [4.69, 9.17) is 22.2 Å². The fourth-order valence-electron chi connectivity index (χ4n) is 1.62. The van der Waals surface area contributed by atoms with Gasteiger partial charge in [-0.15, -0.1) is 11.3 Å². The van der Waals surface area contributed by atoms with Crippen LogP contribution in [0.15, 0.2) is 29.6 Å². The number of nitrogens with zero attached hydrogens (tertiary/aromatic N) is 1. The summed E-state index contributed by atoms with van der Waals surface area (Å²) in [6, 6.07) is 5.80. The third kappa shape index (κ3) is 3.48. The molecule has 0 aliphatic rings. The molecule has 1 aromatic heterocycles. The molecule has 3 N–H and O–H groups in total. The summed E-state index contributed by atoms with van der Waals surface area (Å²) in [4.78, 5) is 22.3. The van der Waals surface area contributed by atoms with E-state index in [9.17, 15) is 14.9 Å². The maximum Gasteiger partial charge on any atom is 0.312 e. The number of hydrogen-bond donors (Lipinski definition) is 2. The maximum atomic E-state index is 11.5. The molecule has 0 saturated carbocycles. The van der Waals surface area contributed by atoms with Crippen molar-refractivity contribution in [3.63, 3.8) is 0 Å². The quantitative estimate of drug-likeness (QED) is 0.379. The molecule has 0 aliphatic carbocycles. The molecule has 0 radical (unpaired) electrons. The van der Waals surface area contributed by atoms with Crippen LogP contribution in [0.4, 0.5) is 5.69 Å². The third-order valence-electron chi connectivity index (χ3n) is 2.58. The number of nitro benzene ring substituents is 1. The van der Waals surface area contributed by atoms with Crippen LogP contribution < -0.4 is 16.0 Å². The number of carbonyl (C=O) groups is 1. The topological polar surface area (TPSA) is 107 Å². The summed E-state index contributed by atoms with van der Waals surface area (Å²) in [6.07, 6.45) is 0. The molecule has 0 spiro atoms. The number of nitro groups is 1. The summed E-state index contributed by atoms with van der Waals surface area (Å²) in [5.74, 6) is 4.72. The Bertz CT molecular complexity index is 689. The fourth-order valence-corrected chi connectivity index (χ4v) is 2.60. The number of carbonyl (C=O) groups excluding carboxylic acids is 1. The highest BCUT2D eigenvalue weighted by Crippen LogP contribution is 2.31. The third-order valence-corrected chi connectivity index (χ3v) is 3.78. The van der Waals surface area contributed by atoms with Crippen LogP contribution in [0.1, 0.15) is 15.2 Å². The number of rotatable bonds is 5. The molecule has 21 heavy (non-hydrogen) atoms. The number of halogens is 1. The van der Waals surface area contributed by atoms with Gasteiger partial charge in [0.15, 0.2) is 5.75 Å². The first-order valence-electron chi connectivity index (χ1n) is 5.67. The highest BCUT2D eigenvalue weighted by Gasteiger charge is 2.18. The molecule has 110 valence electrons. The van der Waals surface area contributed by atoms with Gasteiger partial charge in [-0.3, -0.25) is 20.3 Å². The molecule has 2 rings (SSSR count). The Hall–Kier alpha value is -2.16. The van der Waals surface area contributed by atoms with Crippen molar-refractivity contribution in [2.45, 2.75) is 6.61 Å². The number of ether oxygens (including phenoxy) is 1. The van der Waals surface area contributed by atoms with E-state index < -0.39 is 10.8 Å². The standard InChI is InChI=1S/C12H10ClN3O4S/c13-8-1-2-10(9(5-8)16(18)19)20-6-7-3-4-21-11(7)12(17)15-14/h1-5H,6,14H2,(H,15,17). The molecule has 1 amide bonds. The Kier molecular flexibility index (Phi) is 4.73. The first-order chi connectivity index (χ1) is 10.0. The van der Waals surface area contributed by atoms with Gasteiger partial charge in [-0.25, -0.2) is 5.84 Å². The van der Waals surface area contributed by atoms with Crippen molar-refractivity contribution in [1.29, 1.82) is 0 Å². The lowest BCUT2D eigenvalue weighted by atomic mass is 10.2. The summed E-state index contributed by atoms with van der Waals surface area (Å²) in [6.45, 7) is 0.00866. The van der Waals surface area contributed by atoms with Crippen molar-refractivity contribution in [3.8, 4) is 5.75 Å². The molecule has 0 aliphatic heterocycles. The zero-order chi connectivity index (χ0) is 15.4. The Labute approximate surface area is 128 Å². The van der Waals surface area contributed by atoms with Gasteiger partial charge in [0.25, 0.3) is 5.91 Å². The number of thiophene rings is 1. The highest BCUT2D eigenvalue weighted by atomic mass is 35.5. The van der Waals surface area contributed by atoms with E-state index in [1.165, 1.54) is 29.5 Å². The van der Waals surface area contributed by atoms with Crippen LogP contribution in [0.3, 0.4) is 0 Å². The smallest absolute Gasteiger partial charge is 0.312 e. The number of hydrogen-bond acceptors (Lipinski definition) is 6. The van der Waals surface area contributed by atoms with Gasteiger partial charge in [-0.1, -0.05) is 11.6 Å². The van der Waals surface area contributed by atoms with E-state index in [1.807, 2.05) is 5.43 Å². The summed E-state index contributed by atoms with van der Waals surface area (Å²) >= 11 is 6.92. The molecule has 0 unspecified atom stereocenters. The van der Waals surface area contributed by atoms with Crippen LogP contribution >= 0.6 is 22.9 Å². The van der Waals surface area contributed by atoms with E-state index >= 15 is 0 Å². The Balaban J connectivity index is 2.19. The molecule has 0 saturated heterocycles. The number of nitrogen functional groups attached to an aromatic ring is 1. The number of amides is 1. The average Bonchev–Trinajstić information content (AvgIpc) is 2.93. The molecule has 1 heterocycles. The predicted octanol–water partition coefficient (Wildman–Crippen LogP) is 2.49. The number of nitrogens with two attached hydrogens (primary N) is 1. The number of nitrogens with one attached hydrogen (secondary N) is 1. The van der Waals surface area contributed by atoms with Crippen molar-refractivity contribution < 1.29 is 14.5 Å². The molecule has 0 atom stereocenters. The zero-order valence-corrected chi connectivity index (χ0v) is 12.1. The van der Waals surface area contributed by atoms with Crippen molar-refractivity contribution >= 4 is 34.5 Å². The fraction of sp³-hybridized carbons (Fsp3) is 0.0833. The van der Waals surface area contributed by atoms with Crippen LogP contribution in [0.25, 0.3) is 0 Å². The molecule has 1 aromatic carbocycles. The first-order valence-corrected chi connectivity index (χ1v) is 6.92. The molecule has 7 nitrogen and oxygen atoms in total. The van der Waals surface area contributed by atoms with Gasteiger partial charge in [0.05, 0.1) is 9.80 Å². The van der Waals surface area contributed by atoms with Gasteiger partial charge < -0.3 is 4.74 Å². The van der Waals surface area contributed by atoms with Gasteiger partial charge >= 0.3 is 5.69 Å². The van der Waals surface area contributed by atoms with E-state index in [-0.39, 0.29) is 23.1 Å². The van der Waals surface area contributed by atoms with Gasteiger partial charge in [0.2, 0.25) is 0 Å². The second kappa shape index (κ2) is 6.53. The minimum atomic E-state index is -0.581. The van der Waals surface area contributed by atoms with Gasteiger partial charge in [-0.2, -0.15) is 0 Å². The maximum absolute atomic E-state index is 11.5. The molecule has 2 aromatic rings. The SMILES string of the molecule is NNC(=O)c1sccc1COc1ccc(Cl)cc1[N+](=O)[O-]. The minimum absolute atomic E-state index is 0.00866. The van der Waals surface area contributed by atoms with E-state index in [0.29, 0.717) is 10.4 Å². The number of benzene rings is 1. The van der Waals surface area contributed by atoms with Crippen molar-refractivity contribution in [2.24, 2.45) is 5.84 Å². The predicted molar refractivity (Wildman–Crippen MR) is 78.4 cm³/mol. The van der Waals surface area contributed by atoms with Crippen LogP contribution in [-0.4, -0.2) is 10.8 Å². The normalized spacial score (nSPS) is 10.2. The first kappa shape index (κ1) is 15.2. The van der Waals surface area contributed by atoms with Crippen LogP contribution in [-0.2, 0) is 6.61 Å². The Morgan fingerprint density at radius 3 is 2.90 bits per heavy atom. The van der Waals surface area contributed by atoms with Crippen molar-refractivity contribution in [1.82, 2.24) is 5.43 Å². The summed E-state index contributed by atoms with van der Waals surface area (Å²) in [5.41, 5.74) is 2.39. The van der Waals surface area contributed by atoms with Crippen LogP contribution in [0.2, 0.25) is 5.02 Å². The van der Waals surface area contributed by atoms with Gasteiger partial charge in [-0.05, 0) is 23.6 Å². The number of hydrazine groups is 1. The van der Waals surface area contributed by atoms with E-state index in [1.54, 1.807) is 11.4 Å². The van der Waals surface area contributed by atoms with Gasteiger partial charge in [0.1, 0.15) is 6.61 Å². The van der Waals surface area contributed by atoms with Gasteiger partial charge in [0, 0.05) is 16.7 Å². The zero-order valence-electron chi connectivity index (χ0n) is 10.5.